The van der Waals surface area contributed by atoms with E-state index in [2.05, 4.69) is 10.6 Å². The van der Waals surface area contributed by atoms with Crippen LogP contribution in [0.3, 0.4) is 0 Å². The van der Waals surface area contributed by atoms with Crippen LogP contribution in [0.4, 0.5) is 17.1 Å². The van der Waals surface area contributed by atoms with Crippen LogP contribution in [-0.4, -0.2) is 29.1 Å². The van der Waals surface area contributed by atoms with Crippen molar-refractivity contribution in [2.24, 2.45) is 0 Å². The van der Waals surface area contributed by atoms with Crippen molar-refractivity contribution in [3.63, 3.8) is 0 Å². The first kappa shape index (κ1) is 20.8. The molecule has 2 aromatic rings. The van der Waals surface area contributed by atoms with Gasteiger partial charge < -0.3 is 15.4 Å². The van der Waals surface area contributed by atoms with Gasteiger partial charge in [0.2, 0.25) is 5.91 Å². The third-order valence-electron chi connectivity index (χ3n) is 3.48. The van der Waals surface area contributed by atoms with Gasteiger partial charge >= 0.3 is 0 Å². The summed E-state index contributed by atoms with van der Waals surface area (Å²) in [5, 5.41) is 15.8. The molecule has 2 amide bonds. The third-order valence-corrected chi connectivity index (χ3v) is 3.80. The van der Waals surface area contributed by atoms with Gasteiger partial charge in [-0.25, -0.2) is 0 Å². The molecule has 10 heteroatoms. The molecule has 0 saturated carbocycles. The van der Waals surface area contributed by atoms with Crippen molar-refractivity contribution in [1.82, 2.24) is 0 Å². The highest BCUT2D eigenvalue weighted by molar-refractivity contribution is 6.32. The molecule has 0 unspecified atom stereocenters. The fraction of sp³-hybridized carbons (Fsp3) is 0.167. The number of hydrogen-bond acceptors (Lipinski definition) is 6. The second-order valence-electron chi connectivity index (χ2n) is 5.71. The van der Waals surface area contributed by atoms with E-state index in [1.54, 1.807) is 0 Å². The van der Waals surface area contributed by atoms with Crippen molar-refractivity contribution in [2.75, 3.05) is 17.2 Å². The van der Waals surface area contributed by atoms with Crippen LogP contribution in [0.25, 0.3) is 0 Å². The number of nitro groups is 1. The molecule has 0 atom stereocenters. The van der Waals surface area contributed by atoms with Crippen LogP contribution in [0.2, 0.25) is 5.02 Å². The minimum absolute atomic E-state index is 0.0553. The first-order chi connectivity index (χ1) is 13.2. The van der Waals surface area contributed by atoms with Crippen LogP contribution in [-0.2, 0) is 9.59 Å². The highest BCUT2D eigenvalue weighted by Crippen LogP contribution is 2.28. The maximum absolute atomic E-state index is 12.1. The number of ketones is 1. The average Bonchev–Trinajstić information content (AvgIpc) is 2.61. The van der Waals surface area contributed by atoms with Gasteiger partial charge in [-0.3, -0.25) is 24.5 Å². The Hall–Kier alpha value is -3.46. The smallest absolute Gasteiger partial charge is 0.289 e. The number of nitrogens with zero attached hydrogens (tertiary/aromatic N) is 1. The lowest BCUT2D eigenvalue weighted by Gasteiger charge is -2.13. The van der Waals surface area contributed by atoms with E-state index >= 15 is 0 Å². The van der Waals surface area contributed by atoms with E-state index in [9.17, 15) is 24.5 Å². The first-order valence-corrected chi connectivity index (χ1v) is 8.34. The predicted octanol–water partition coefficient (Wildman–Crippen LogP) is 3.43. The number of benzene rings is 2. The zero-order valence-electron chi connectivity index (χ0n) is 14.9. The number of rotatable bonds is 7. The molecule has 146 valence electrons. The molecule has 0 aliphatic heterocycles. The number of ether oxygens (including phenoxy) is 1. The van der Waals surface area contributed by atoms with Crippen LogP contribution in [0.1, 0.15) is 24.2 Å². The Bertz CT molecular complexity index is 960. The van der Waals surface area contributed by atoms with E-state index in [1.807, 2.05) is 0 Å². The van der Waals surface area contributed by atoms with E-state index in [4.69, 9.17) is 16.3 Å². The molecule has 0 fully saturated rings. The van der Waals surface area contributed by atoms with Crippen LogP contribution < -0.4 is 15.4 Å². The van der Waals surface area contributed by atoms with Crippen molar-refractivity contribution >= 4 is 46.3 Å². The fourth-order valence-electron chi connectivity index (χ4n) is 2.22. The van der Waals surface area contributed by atoms with Gasteiger partial charge in [-0.05, 0) is 37.3 Å². The normalized spacial score (nSPS) is 10.1. The molecule has 2 aromatic carbocycles. The molecule has 0 saturated heterocycles. The van der Waals surface area contributed by atoms with Crippen molar-refractivity contribution in [1.29, 1.82) is 0 Å². The number of nitro benzene ring substituents is 1. The van der Waals surface area contributed by atoms with Gasteiger partial charge in [0.1, 0.15) is 10.8 Å². The van der Waals surface area contributed by atoms with Gasteiger partial charge in [0.15, 0.2) is 12.4 Å². The molecule has 9 nitrogen and oxygen atoms in total. The highest BCUT2D eigenvalue weighted by Gasteiger charge is 2.15. The van der Waals surface area contributed by atoms with Crippen LogP contribution >= 0.6 is 11.6 Å². The van der Waals surface area contributed by atoms with Gasteiger partial charge in [0, 0.05) is 24.2 Å². The monoisotopic (exact) mass is 405 g/mol. The lowest BCUT2D eigenvalue weighted by Crippen LogP contribution is -2.21. The summed E-state index contributed by atoms with van der Waals surface area (Å²) < 4.78 is 5.43. The summed E-state index contributed by atoms with van der Waals surface area (Å²) in [7, 11) is 0. The Kier molecular flexibility index (Phi) is 6.67. The zero-order chi connectivity index (χ0) is 20.8. The number of halogens is 1. The lowest BCUT2D eigenvalue weighted by atomic mass is 10.1. The van der Waals surface area contributed by atoms with E-state index in [-0.39, 0.29) is 33.8 Å². The number of carbonyl (C=O) groups is 3. The van der Waals surface area contributed by atoms with Crippen molar-refractivity contribution in [2.45, 2.75) is 13.8 Å². The maximum atomic E-state index is 12.1. The second-order valence-corrected chi connectivity index (χ2v) is 6.12. The van der Waals surface area contributed by atoms with Crippen molar-refractivity contribution in [3.05, 3.63) is 57.1 Å². The molecule has 28 heavy (non-hydrogen) atoms. The quantitative estimate of drug-likeness (QED) is 0.412. The summed E-state index contributed by atoms with van der Waals surface area (Å²) in [6, 6.07) is 8.25. The molecule has 0 aliphatic carbocycles. The van der Waals surface area contributed by atoms with E-state index < -0.39 is 17.4 Å². The Morgan fingerprint density at radius 1 is 1.11 bits per heavy atom. The van der Waals surface area contributed by atoms with Gasteiger partial charge in [0.05, 0.1) is 10.6 Å². The summed E-state index contributed by atoms with van der Waals surface area (Å²) >= 11 is 5.73. The maximum Gasteiger partial charge on any atom is 0.289 e. The summed E-state index contributed by atoms with van der Waals surface area (Å²) in [5.74, 6) is -1.02. The molecule has 0 aliphatic rings. The highest BCUT2D eigenvalue weighted by atomic mass is 35.5. The Balaban J connectivity index is 2.12. The van der Waals surface area contributed by atoms with Crippen molar-refractivity contribution < 1.29 is 24.0 Å². The summed E-state index contributed by atoms with van der Waals surface area (Å²) in [5.41, 5.74) is 0.469. The summed E-state index contributed by atoms with van der Waals surface area (Å²) in [6.07, 6.45) is 0. The number of amides is 2. The molecule has 0 bridgehead atoms. The number of anilines is 2. The zero-order valence-corrected chi connectivity index (χ0v) is 15.7. The number of carbonyl (C=O) groups excluding carboxylic acids is 3. The van der Waals surface area contributed by atoms with E-state index in [0.717, 1.165) is 6.07 Å². The van der Waals surface area contributed by atoms with Gasteiger partial charge in [-0.2, -0.15) is 0 Å². The molecule has 0 aromatic heterocycles. The second kappa shape index (κ2) is 8.96. The number of hydrogen-bond donors (Lipinski definition) is 2. The van der Waals surface area contributed by atoms with Crippen molar-refractivity contribution in [3.8, 4) is 5.75 Å². The van der Waals surface area contributed by atoms with Crippen LogP contribution in [0.5, 0.6) is 5.75 Å². The Morgan fingerprint density at radius 3 is 2.43 bits per heavy atom. The Morgan fingerprint density at radius 2 is 1.82 bits per heavy atom. The minimum Gasteiger partial charge on any atom is -0.482 e. The van der Waals surface area contributed by atoms with E-state index in [1.165, 1.54) is 44.2 Å². The summed E-state index contributed by atoms with van der Waals surface area (Å²) in [6.45, 7) is 2.23. The number of nitrogens with one attached hydrogen (secondary N) is 2. The van der Waals surface area contributed by atoms with Gasteiger partial charge in [-0.15, -0.1) is 0 Å². The molecule has 0 spiro atoms. The molecular weight excluding hydrogens is 390 g/mol. The summed E-state index contributed by atoms with van der Waals surface area (Å²) in [4.78, 5) is 45.2. The SMILES string of the molecule is CC(=O)Nc1ccc(C(C)=O)cc1OCC(=O)Nc1ccc(Cl)c([N+](=O)[O-])c1. The van der Waals surface area contributed by atoms with Crippen LogP contribution in [0, 0.1) is 10.1 Å². The minimum atomic E-state index is -0.665. The largest absolute Gasteiger partial charge is 0.482 e. The molecular formula is C18H16ClN3O6. The lowest BCUT2D eigenvalue weighted by molar-refractivity contribution is -0.384. The van der Waals surface area contributed by atoms with Gasteiger partial charge in [-0.1, -0.05) is 11.6 Å². The standard InChI is InChI=1S/C18H16ClN3O6/c1-10(23)12-3-6-15(20-11(2)24)17(7-12)28-9-18(25)21-13-4-5-14(19)16(8-13)22(26)27/h3-8H,9H2,1-2H3,(H,20,24)(H,21,25). The first-order valence-electron chi connectivity index (χ1n) is 7.96. The topological polar surface area (TPSA) is 128 Å². The molecule has 0 heterocycles. The molecule has 0 radical (unpaired) electrons. The molecule has 2 N–H and O–H groups in total. The van der Waals surface area contributed by atoms with Gasteiger partial charge in [0.25, 0.3) is 11.6 Å². The predicted molar refractivity (Wildman–Crippen MR) is 103 cm³/mol. The van der Waals surface area contributed by atoms with E-state index in [0.29, 0.717) is 11.3 Å². The average molecular weight is 406 g/mol. The number of Topliss-reactive ketones (excluding diaryl/α,β-unsaturated/α-hetero) is 1. The van der Waals surface area contributed by atoms with Crippen LogP contribution in [0.15, 0.2) is 36.4 Å². The molecule has 2 rings (SSSR count). The fourth-order valence-corrected chi connectivity index (χ4v) is 2.41. The Labute approximate surface area is 164 Å². The third kappa shape index (κ3) is 5.52.